The molecular weight excluding hydrogens is 412 g/mol. The molecule has 1 amide bonds. The standard InChI is InChI=1S/C27H32N4O2/c1-19(2)30-17-21(24-23(20-8-9-20)10-13-28-25(24)30)16-29-14-11-27(12-15-29)18-31(26(32)33-27)22-6-4-3-5-7-22/h3-7,10,13,17,19-20H,8-9,11-12,14-16,18H2,1-2H3. The van der Waals surface area contributed by atoms with Crippen molar-refractivity contribution in [3.8, 4) is 0 Å². The molecule has 1 spiro atoms. The molecule has 2 aromatic heterocycles. The van der Waals surface area contributed by atoms with Crippen LogP contribution in [0.5, 0.6) is 0 Å². The molecule has 2 aliphatic heterocycles. The third-order valence-corrected chi connectivity index (χ3v) is 7.60. The lowest BCUT2D eigenvalue weighted by Gasteiger charge is -2.37. The van der Waals surface area contributed by atoms with E-state index in [-0.39, 0.29) is 11.7 Å². The predicted octanol–water partition coefficient (Wildman–Crippen LogP) is 5.49. The molecule has 33 heavy (non-hydrogen) atoms. The Morgan fingerprint density at radius 3 is 2.58 bits per heavy atom. The molecule has 6 nitrogen and oxygen atoms in total. The minimum absolute atomic E-state index is 0.213. The summed E-state index contributed by atoms with van der Waals surface area (Å²) in [4.78, 5) is 21.7. The summed E-state index contributed by atoms with van der Waals surface area (Å²) >= 11 is 0. The SMILES string of the molecule is CC(C)n1cc(CN2CCC3(CC2)CN(c2ccccc2)C(=O)O3)c2c(C3CC3)ccnc21. The summed E-state index contributed by atoms with van der Waals surface area (Å²) in [5, 5.41) is 1.37. The third-order valence-electron chi connectivity index (χ3n) is 7.60. The Morgan fingerprint density at radius 2 is 1.88 bits per heavy atom. The van der Waals surface area contributed by atoms with E-state index in [0.29, 0.717) is 18.5 Å². The van der Waals surface area contributed by atoms with Crippen molar-refractivity contribution in [1.29, 1.82) is 0 Å². The molecule has 0 bridgehead atoms. The zero-order valence-corrected chi connectivity index (χ0v) is 19.5. The van der Waals surface area contributed by atoms with Gasteiger partial charge in [-0.15, -0.1) is 0 Å². The van der Waals surface area contributed by atoms with Gasteiger partial charge in [0.05, 0.1) is 6.54 Å². The maximum atomic E-state index is 12.6. The van der Waals surface area contributed by atoms with Crippen LogP contribution in [-0.4, -0.2) is 45.8 Å². The van der Waals surface area contributed by atoms with Crippen LogP contribution in [-0.2, 0) is 11.3 Å². The first-order valence-corrected chi connectivity index (χ1v) is 12.3. The summed E-state index contributed by atoms with van der Waals surface area (Å²) < 4.78 is 8.30. The quantitative estimate of drug-likeness (QED) is 0.522. The molecule has 1 aliphatic carbocycles. The van der Waals surface area contributed by atoms with Crippen molar-refractivity contribution in [2.75, 3.05) is 24.5 Å². The van der Waals surface area contributed by atoms with Crippen LogP contribution in [0.1, 0.15) is 62.6 Å². The molecule has 0 atom stereocenters. The molecule has 2 saturated heterocycles. The zero-order chi connectivity index (χ0) is 22.6. The predicted molar refractivity (Wildman–Crippen MR) is 130 cm³/mol. The van der Waals surface area contributed by atoms with Crippen molar-refractivity contribution < 1.29 is 9.53 Å². The molecule has 1 aromatic carbocycles. The van der Waals surface area contributed by atoms with Crippen molar-refractivity contribution in [1.82, 2.24) is 14.5 Å². The van der Waals surface area contributed by atoms with Crippen LogP contribution in [0.2, 0.25) is 0 Å². The van der Waals surface area contributed by atoms with Gasteiger partial charge in [-0.2, -0.15) is 0 Å². The minimum Gasteiger partial charge on any atom is -0.441 e. The number of hydrogen-bond donors (Lipinski definition) is 0. The summed E-state index contributed by atoms with van der Waals surface area (Å²) in [6.07, 6.45) is 8.43. The highest BCUT2D eigenvalue weighted by molar-refractivity contribution is 5.90. The van der Waals surface area contributed by atoms with Crippen LogP contribution in [0, 0.1) is 0 Å². The number of pyridine rings is 1. The topological polar surface area (TPSA) is 50.6 Å². The summed E-state index contributed by atoms with van der Waals surface area (Å²) in [7, 11) is 0. The Kier molecular flexibility index (Phi) is 4.94. The van der Waals surface area contributed by atoms with Gasteiger partial charge in [0.2, 0.25) is 0 Å². The lowest BCUT2D eigenvalue weighted by Crippen LogP contribution is -2.46. The molecule has 6 heteroatoms. The van der Waals surface area contributed by atoms with Crippen LogP contribution < -0.4 is 4.90 Å². The Balaban J connectivity index is 1.20. The van der Waals surface area contributed by atoms with E-state index in [1.54, 1.807) is 4.90 Å². The van der Waals surface area contributed by atoms with Crippen LogP contribution in [0.3, 0.4) is 0 Å². The number of rotatable bonds is 5. The third kappa shape index (κ3) is 3.70. The number of ether oxygens (including phenoxy) is 1. The average molecular weight is 445 g/mol. The highest BCUT2D eigenvalue weighted by atomic mass is 16.6. The normalized spacial score (nSPS) is 20.8. The number of carbonyl (C=O) groups is 1. The fourth-order valence-electron chi connectivity index (χ4n) is 5.58. The second kappa shape index (κ2) is 7.87. The summed E-state index contributed by atoms with van der Waals surface area (Å²) in [6.45, 7) is 7.89. The van der Waals surface area contributed by atoms with Crippen molar-refractivity contribution in [3.63, 3.8) is 0 Å². The molecule has 172 valence electrons. The highest BCUT2D eigenvalue weighted by Crippen LogP contribution is 2.44. The van der Waals surface area contributed by atoms with E-state index in [4.69, 9.17) is 9.72 Å². The van der Waals surface area contributed by atoms with Gasteiger partial charge in [-0.1, -0.05) is 18.2 Å². The number of amides is 1. The van der Waals surface area contributed by atoms with Gasteiger partial charge in [-0.25, -0.2) is 9.78 Å². The van der Waals surface area contributed by atoms with Gasteiger partial charge in [0.25, 0.3) is 0 Å². The molecule has 1 saturated carbocycles. The minimum atomic E-state index is -0.365. The van der Waals surface area contributed by atoms with Gasteiger partial charge in [0.15, 0.2) is 0 Å². The summed E-state index contributed by atoms with van der Waals surface area (Å²) in [5.74, 6) is 0.698. The number of piperidine rings is 1. The number of nitrogens with zero attached hydrogens (tertiary/aromatic N) is 4. The van der Waals surface area contributed by atoms with Crippen molar-refractivity contribution in [2.45, 2.75) is 63.6 Å². The Hall–Kier alpha value is -2.86. The highest BCUT2D eigenvalue weighted by Gasteiger charge is 2.47. The fourth-order valence-corrected chi connectivity index (χ4v) is 5.58. The van der Waals surface area contributed by atoms with Crippen molar-refractivity contribution >= 4 is 22.8 Å². The molecule has 3 aliphatic rings. The molecule has 0 N–H and O–H groups in total. The van der Waals surface area contributed by atoms with E-state index in [9.17, 15) is 4.79 Å². The Morgan fingerprint density at radius 1 is 1.12 bits per heavy atom. The van der Waals surface area contributed by atoms with E-state index < -0.39 is 0 Å². The smallest absolute Gasteiger partial charge is 0.415 e. The number of anilines is 1. The van der Waals surface area contributed by atoms with Crippen LogP contribution in [0.25, 0.3) is 11.0 Å². The molecule has 0 unspecified atom stereocenters. The van der Waals surface area contributed by atoms with Crippen molar-refractivity contribution in [3.05, 3.63) is 59.9 Å². The number of benzene rings is 1. The van der Waals surface area contributed by atoms with E-state index >= 15 is 0 Å². The van der Waals surface area contributed by atoms with E-state index in [2.05, 4.69) is 35.6 Å². The number of likely N-dealkylation sites (tertiary alicyclic amines) is 1. The first-order chi connectivity index (χ1) is 16.0. The fraction of sp³-hybridized carbons (Fsp3) is 0.481. The van der Waals surface area contributed by atoms with Crippen LogP contribution in [0.4, 0.5) is 10.5 Å². The number of para-hydroxylation sites is 1. The maximum Gasteiger partial charge on any atom is 0.415 e. The van der Waals surface area contributed by atoms with E-state index in [1.165, 1.54) is 29.4 Å². The van der Waals surface area contributed by atoms with Crippen LogP contribution in [0.15, 0.2) is 48.8 Å². The first kappa shape index (κ1) is 20.7. The largest absolute Gasteiger partial charge is 0.441 e. The number of carbonyl (C=O) groups excluding carboxylic acids is 1. The summed E-state index contributed by atoms with van der Waals surface area (Å²) in [6, 6.07) is 12.5. The van der Waals surface area contributed by atoms with Crippen LogP contribution >= 0.6 is 0 Å². The van der Waals surface area contributed by atoms with Gasteiger partial charge in [-0.05, 0) is 61.9 Å². The number of hydrogen-bond acceptors (Lipinski definition) is 4. The second-order valence-corrected chi connectivity index (χ2v) is 10.3. The van der Waals surface area contributed by atoms with Gasteiger partial charge >= 0.3 is 6.09 Å². The number of fused-ring (bicyclic) bond motifs is 1. The molecular formula is C27H32N4O2. The van der Waals surface area contributed by atoms with Gasteiger partial charge in [0.1, 0.15) is 11.2 Å². The van der Waals surface area contributed by atoms with Crippen molar-refractivity contribution in [2.24, 2.45) is 0 Å². The second-order valence-electron chi connectivity index (χ2n) is 10.3. The maximum absolute atomic E-state index is 12.6. The van der Waals surface area contributed by atoms with Gasteiger partial charge < -0.3 is 9.30 Å². The summed E-state index contributed by atoms with van der Waals surface area (Å²) in [5.41, 5.74) is 4.55. The van der Waals surface area contributed by atoms with E-state index in [1.807, 2.05) is 36.5 Å². The Bertz CT molecular complexity index is 1170. The molecule has 0 radical (unpaired) electrons. The zero-order valence-electron chi connectivity index (χ0n) is 19.5. The first-order valence-electron chi connectivity index (χ1n) is 12.3. The average Bonchev–Trinajstić information content (AvgIpc) is 3.53. The lowest BCUT2D eigenvalue weighted by atomic mass is 9.91. The number of aromatic nitrogens is 2. The van der Waals surface area contributed by atoms with Gasteiger partial charge in [0, 0.05) is 62.0 Å². The molecule has 3 aromatic rings. The Labute approximate surface area is 195 Å². The molecule has 6 rings (SSSR count). The monoisotopic (exact) mass is 444 g/mol. The molecule has 3 fully saturated rings. The van der Waals surface area contributed by atoms with E-state index in [0.717, 1.165) is 43.8 Å². The lowest BCUT2D eigenvalue weighted by molar-refractivity contribution is -0.000892. The van der Waals surface area contributed by atoms with Gasteiger partial charge in [-0.3, -0.25) is 9.80 Å². The molecule has 4 heterocycles.